The quantitative estimate of drug-likeness (QED) is 0.330. The van der Waals surface area contributed by atoms with Crippen LogP contribution in [0, 0.1) is 0 Å². The first kappa shape index (κ1) is 21.7. The molecule has 31 heavy (non-hydrogen) atoms. The van der Waals surface area contributed by atoms with Crippen LogP contribution in [0.1, 0.15) is 16.1 Å². The number of carboxylic acid groups (broad SMARTS) is 1. The first-order chi connectivity index (χ1) is 14.9. The summed E-state index contributed by atoms with van der Waals surface area (Å²) in [6.07, 6.45) is 0. The van der Waals surface area contributed by atoms with Crippen molar-refractivity contribution in [3.63, 3.8) is 0 Å². The largest absolute Gasteiger partial charge is 0.497 e. The number of rotatable bonds is 7. The van der Waals surface area contributed by atoms with E-state index in [1.807, 2.05) is 47.8 Å². The van der Waals surface area contributed by atoms with Gasteiger partial charge in [0.1, 0.15) is 10.8 Å². The van der Waals surface area contributed by atoms with Crippen molar-refractivity contribution in [3.8, 4) is 16.2 Å². The number of thiophene rings is 1. The number of carbonyl (C=O) groups is 1. The first-order valence-corrected chi connectivity index (χ1v) is 11.4. The molecular weight excluding hydrogens is 477 g/mol. The van der Waals surface area contributed by atoms with Crippen molar-refractivity contribution in [2.45, 2.75) is 16.5 Å². The predicted octanol–water partition coefficient (Wildman–Crippen LogP) is 6.22. The van der Waals surface area contributed by atoms with Gasteiger partial charge in [0.2, 0.25) is 5.69 Å². The van der Waals surface area contributed by atoms with Crippen molar-refractivity contribution < 1.29 is 14.6 Å². The van der Waals surface area contributed by atoms with E-state index in [9.17, 15) is 9.90 Å². The summed E-state index contributed by atoms with van der Waals surface area (Å²) in [6, 6.07) is 14.9. The van der Waals surface area contributed by atoms with Gasteiger partial charge in [0.05, 0.1) is 23.7 Å². The maximum absolute atomic E-state index is 11.7. The van der Waals surface area contributed by atoms with Crippen LogP contribution < -0.4 is 4.74 Å². The maximum Gasteiger partial charge on any atom is 0.359 e. The molecular formula is C21H15Cl2N3O3S2. The molecule has 0 unspecified atom stereocenters. The molecule has 2 aromatic heterocycles. The van der Waals surface area contributed by atoms with Gasteiger partial charge in [-0.3, -0.25) is 0 Å². The molecule has 0 amide bonds. The summed E-state index contributed by atoms with van der Waals surface area (Å²) in [5.41, 5.74) is 1.81. The van der Waals surface area contributed by atoms with Gasteiger partial charge in [0, 0.05) is 15.2 Å². The van der Waals surface area contributed by atoms with Crippen LogP contribution in [0.15, 0.2) is 63.8 Å². The second kappa shape index (κ2) is 9.32. The van der Waals surface area contributed by atoms with Gasteiger partial charge in [-0.1, -0.05) is 58.4 Å². The Hall–Kier alpha value is -2.52. The molecule has 0 bridgehead atoms. The summed E-state index contributed by atoms with van der Waals surface area (Å²) in [6.45, 7) is 0.385. The third-order valence-electron chi connectivity index (χ3n) is 4.38. The van der Waals surface area contributed by atoms with E-state index in [4.69, 9.17) is 27.9 Å². The third kappa shape index (κ3) is 4.88. The molecule has 0 spiro atoms. The molecule has 158 valence electrons. The second-order valence-corrected chi connectivity index (χ2v) is 9.22. The van der Waals surface area contributed by atoms with Crippen molar-refractivity contribution >= 4 is 52.3 Å². The van der Waals surface area contributed by atoms with Crippen LogP contribution in [-0.4, -0.2) is 33.2 Å². The van der Waals surface area contributed by atoms with Crippen molar-refractivity contribution in [2.24, 2.45) is 0 Å². The molecule has 4 rings (SSSR count). The van der Waals surface area contributed by atoms with E-state index in [2.05, 4.69) is 10.3 Å². The Morgan fingerprint density at radius 3 is 2.61 bits per heavy atom. The fourth-order valence-corrected chi connectivity index (χ4v) is 5.14. The normalized spacial score (nSPS) is 10.9. The van der Waals surface area contributed by atoms with E-state index >= 15 is 0 Å². The highest BCUT2D eigenvalue weighted by Gasteiger charge is 2.21. The molecule has 0 fully saturated rings. The zero-order valence-electron chi connectivity index (χ0n) is 16.1. The lowest BCUT2D eigenvalue weighted by molar-refractivity contribution is 0.0686. The van der Waals surface area contributed by atoms with Gasteiger partial charge in [0.15, 0.2) is 0 Å². The molecule has 6 nitrogen and oxygen atoms in total. The zero-order chi connectivity index (χ0) is 22.0. The van der Waals surface area contributed by atoms with Gasteiger partial charge in [-0.25, -0.2) is 9.48 Å². The standard InChI is InChI=1S/C21H15Cl2N3O3S2/c1-29-14-5-2-12(3-6-14)10-26-20(19(21(27)28)24-25-26)31-15-9-18(30-11-15)13-4-7-16(22)17(23)8-13/h2-9,11H,10H2,1H3,(H,27,28). The molecule has 2 heterocycles. The number of hydrogen-bond donors (Lipinski definition) is 1. The van der Waals surface area contributed by atoms with Crippen molar-refractivity contribution in [1.29, 1.82) is 0 Å². The van der Waals surface area contributed by atoms with Crippen molar-refractivity contribution in [2.75, 3.05) is 7.11 Å². The van der Waals surface area contributed by atoms with Crippen LogP contribution >= 0.6 is 46.3 Å². The van der Waals surface area contributed by atoms with Gasteiger partial charge in [-0.2, -0.15) is 0 Å². The van der Waals surface area contributed by atoms with Crippen LogP contribution in [0.2, 0.25) is 10.0 Å². The summed E-state index contributed by atoms with van der Waals surface area (Å²) < 4.78 is 6.77. The van der Waals surface area contributed by atoms with Crippen LogP contribution in [0.4, 0.5) is 0 Å². The summed E-state index contributed by atoms with van der Waals surface area (Å²) >= 11 is 15.0. The number of hydrogen-bond acceptors (Lipinski definition) is 6. The molecule has 0 aliphatic carbocycles. The Kier molecular flexibility index (Phi) is 6.52. The number of ether oxygens (including phenoxy) is 1. The maximum atomic E-state index is 11.7. The third-order valence-corrected chi connectivity index (χ3v) is 7.31. The van der Waals surface area contributed by atoms with Crippen molar-refractivity contribution in [1.82, 2.24) is 15.0 Å². The van der Waals surface area contributed by atoms with Gasteiger partial charge >= 0.3 is 5.97 Å². The molecule has 0 atom stereocenters. The number of aromatic nitrogens is 3. The van der Waals surface area contributed by atoms with Gasteiger partial charge in [0.25, 0.3) is 0 Å². The average molecular weight is 492 g/mol. The summed E-state index contributed by atoms with van der Waals surface area (Å²) in [4.78, 5) is 13.6. The number of aromatic carboxylic acids is 1. The van der Waals surface area contributed by atoms with Crippen LogP contribution in [0.3, 0.4) is 0 Å². The average Bonchev–Trinajstić information content (AvgIpc) is 3.38. The fourth-order valence-electron chi connectivity index (χ4n) is 2.83. The SMILES string of the molecule is COc1ccc(Cn2nnc(C(=O)O)c2Sc2csc(-c3ccc(Cl)c(Cl)c3)c2)cc1. The van der Waals surface area contributed by atoms with E-state index in [0.717, 1.165) is 26.6 Å². The Morgan fingerprint density at radius 2 is 1.94 bits per heavy atom. The zero-order valence-corrected chi connectivity index (χ0v) is 19.2. The molecule has 0 aliphatic rings. The minimum absolute atomic E-state index is 0.0826. The predicted molar refractivity (Wildman–Crippen MR) is 123 cm³/mol. The van der Waals surface area contributed by atoms with Crippen LogP contribution in [0.5, 0.6) is 5.75 Å². The molecule has 2 aromatic carbocycles. The number of nitrogens with zero attached hydrogens (tertiary/aromatic N) is 3. The van der Waals surface area contributed by atoms with E-state index in [-0.39, 0.29) is 5.69 Å². The molecule has 0 radical (unpaired) electrons. The summed E-state index contributed by atoms with van der Waals surface area (Å²) in [5, 5.41) is 20.9. The Morgan fingerprint density at radius 1 is 1.16 bits per heavy atom. The van der Waals surface area contributed by atoms with E-state index in [1.54, 1.807) is 17.9 Å². The van der Waals surface area contributed by atoms with Crippen LogP contribution in [0.25, 0.3) is 10.4 Å². The van der Waals surface area contributed by atoms with E-state index < -0.39 is 5.97 Å². The highest BCUT2D eigenvalue weighted by atomic mass is 35.5. The van der Waals surface area contributed by atoms with Gasteiger partial charge in [-0.05, 0) is 41.5 Å². The van der Waals surface area contributed by atoms with E-state index in [0.29, 0.717) is 21.6 Å². The van der Waals surface area contributed by atoms with Gasteiger partial charge < -0.3 is 9.84 Å². The monoisotopic (exact) mass is 491 g/mol. The first-order valence-electron chi connectivity index (χ1n) is 8.96. The Balaban J connectivity index is 1.61. The van der Waals surface area contributed by atoms with Crippen LogP contribution in [-0.2, 0) is 6.54 Å². The topological polar surface area (TPSA) is 77.2 Å². The smallest absolute Gasteiger partial charge is 0.359 e. The van der Waals surface area contributed by atoms with Gasteiger partial charge in [-0.15, -0.1) is 16.4 Å². The second-order valence-electron chi connectivity index (χ2n) is 6.43. The van der Waals surface area contributed by atoms with E-state index in [1.165, 1.54) is 23.1 Å². The van der Waals surface area contributed by atoms with Crippen molar-refractivity contribution in [3.05, 3.63) is 75.2 Å². The lowest BCUT2D eigenvalue weighted by atomic mass is 10.2. The molecule has 0 aliphatic heterocycles. The molecule has 0 saturated heterocycles. The summed E-state index contributed by atoms with van der Waals surface area (Å²) in [5.74, 6) is -0.375. The number of methoxy groups -OCH3 is 1. The Bertz CT molecular complexity index is 1240. The lowest BCUT2D eigenvalue weighted by Gasteiger charge is -2.07. The highest BCUT2D eigenvalue weighted by molar-refractivity contribution is 7.99. The molecule has 4 aromatic rings. The minimum atomic E-state index is -1.12. The minimum Gasteiger partial charge on any atom is -0.497 e. The fraction of sp³-hybridized carbons (Fsp3) is 0.0952. The Labute approximate surface area is 196 Å². The number of halogens is 2. The number of carboxylic acids is 1. The highest BCUT2D eigenvalue weighted by Crippen LogP contribution is 2.38. The molecule has 0 saturated carbocycles. The molecule has 1 N–H and O–H groups in total. The molecule has 10 heteroatoms. The number of benzene rings is 2. The summed E-state index contributed by atoms with van der Waals surface area (Å²) in [7, 11) is 1.60. The lowest BCUT2D eigenvalue weighted by Crippen LogP contribution is -2.05.